The van der Waals surface area contributed by atoms with Gasteiger partial charge in [0.05, 0.1) is 0 Å². The van der Waals surface area contributed by atoms with Crippen molar-refractivity contribution >= 4 is 5.78 Å². The summed E-state index contributed by atoms with van der Waals surface area (Å²) in [5.41, 5.74) is 0. The number of aryl methyl sites for hydroxylation is 1. The number of hydrogen-bond donors (Lipinski definition) is 0. The highest BCUT2D eigenvalue weighted by molar-refractivity contribution is 5.75. The Kier molecular flexibility index (Phi) is 3.51. The summed E-state index contributed by atoms with van der Waals surface area (Å²) < 4.78 is 1.89. The Bertz CT molecular complexity index is 229. The van der Waals surface area contributed by atoms with Gasteiger partial charge in [0.25, 0.3) is 0 Å². The van der Waals surface area contributed by atoms with Crippen molar-refractivity contribution in [3.05, 3.63) is 18.5 Å². The van der Waals surface area contributed by atoms with Crippen molar-refractivity contribution < 1.29 is 4.79 Å². The van der Waals surface area contributed by atoms with Crippen LogP contribution in [0.1, 0.15) is 26.2 Å². The monoisotopic (exact) mass is 166 g/mol. The second-order valence-corrected chi connectivity index (χ2v) is 2.93. The molecule has 0 radical (unpaired) electrons. The number of hydrogen-bond acceptors (Lipinski definition) is 2. The summed E-state index contributed by atoms with van der Waals surface area (Å²) in [6, 6.07) is 1.91. The zero-order chi connectivity index (χ0) is 8.81. The maximum Gasteiger partial charge on any atom is 0.129 e. The molecular formula is C9H14N2O. The molecule has 0 atom stereocenters. The average molecular weight is 166 g/mol. The van der Waals surface area contributed by atoms with E-state index in [0.29, 0.717) is 6.42 Å². The summed E-state index contributed by atoms with van der Waals surface area (Å²) in [5.74, 6) is 0.274. The first kappa shape index (κ1) is 8.97. The molecule has 0 aliphatic heterocycles. The van der Waals surface area contributed by atoms with Crippen LogP contribution in [-0.4, -0.2) is 15.6 Å². The third kappa shape index (κ3) is 3.32. The highest BCUT2D eigenvalue weighted by atomic mass is 16.1. The molecule has 1 heterocycles. The zero-order valence-electron chi connectivity index (χ0n) is 7.36. The van der Waals surface area contributed by atoms with Crippen LogP contribution in [0.25, 0.3) is 0 Å². The van der Waals surface area contributed by atoms with Gasteiger partial charge in [0, 0.05) is 25.4 Å². The molecule has 0 bridgehead atoms. The van der Waals surface area contributed by atoms with E-state index < -0.39 is 0 Å². The molecule has 1 aromatic heterocycles. The van der Waals surface area contributed by atoms with Crippen molar-refractivity contribution in [3.8, 4) is 0 Å². The van der Waals surface area contributed by atoms with Gasteiger partial charge in [-0.15, -0.1) is 0 Å². The summed E-state index contributed by atoms with van der Waals surface area (Å²) in [7, 11) is 0. The van der Waals surface area contributed by atoms with Gasteiger partial charge in [0.1, 0.15) is 5.78 Å². The number of unbranched alkanes of at least 4 members (excludes halogenated alkanes) is 1. The van der Waals surface area contributed by atoms with E-state index in [1.165, 1.54) is 0 Å². The summed E-state index contributed by atoms with van der Waals surface area (Å²) in [5, 5.41) is 4.06. The lowest BCUT2D eigenvalue weighted by Gasteiger charge is -1.99. The quantitative estimate of drug-likeness (QED) is 0.623. The maximum atomic E-state index is 10.6. The number of aromatic nitrogens is 2. The average Bonchev–Trinajstić information content (AvgIpc) is 2.49. The van der Waals surface area contributed by atoms with E-state index in [1.54, 1.807) is 13.1 Å². The zero-order valence-corrected chi connectivity index (χ0v) is 7.36. The molecule has 0 aliphatic rings. The summed E-state index contributed by atoms with van der Waals surface area (Å²) in [4.78, 5) is 10.6. The molecule has 0 fully saturated rings. The van der Waals surface area contributed by atoms with Crippen molar-refractivity contribution in [2.45, 2.75) is 32.7 Å². The number of ketones is 1. The van der Waals surface area contributed by atoms with Crippen LogP contribution >= 0.6 is 0 Å². The Labute approximate surface area is 72.4 Å². The molecule has 0 spiro atoms. The van der Waals surface area contributed by atoms with Crippen molar-refractivity contribution in [2.24, 2.45) is 0 Å². The SMILES string of the molecule is CC(=O)CCCCn1cccn1. The van der Waals surface area contributed by atoms with Crippen molar-refractivity contribution in [1.29, 1.82) is 0 Å². The van der Waals surface area contributed by atoms with Gasteiger partial charge in [-0.25, -0.2) is 0 Å². The molecule has 3 heteroatoms. The number of carbonyl (C=O) groups is 1. The summed E-state index contributed by atoms with van der Waals surface area (Å²) in [6.45, 7) is 2.55. The standard InChI is InChI=1S/C9H14N2O/c1-9(12)5-2-3-7-11-8-4-6-10-11/h4,6,8H,2-3,5,7H2,1H3. The van der Waals surface area contributed by atoms with Crippen LogP contribution in [0.15, 0.2) is 18.5 Å². The Morgan fingerprint density at radius 3 is 2.92 bits per heavy atom. The van der Waals surface area contributed by atoms with E-state index in [1.807, 2.05) is 16.9 Å². The lowest BCUT2D eigenvalue weighted by atomic mass is 10.2. The Morgan fingerprint density at radius 2 is 2.33 bits per heavy atom. The van der Waals surface area contributed by atoms with E-state index in [9.17, 15) is 4.79 Å². The molecule has 0 saturated heterocycles. The molecule has 1 aromatic rings. The molecule has 66 valence electrons. The van der Waals surface area contributed by atoms with Gasteiger partial charge in [0.2, 0.25) is 0 Å². The predicted octanol–water partition coefficient (Wildman–Crippen LogP) is 1.64. The molecule has 0 aromatic carbocycles. The Balaban J connectivity index is 2.07. The minimum absolute atomic E-state index is 0.274. The van der Waals surface area contributed by atoms with E-state index in [2.05, 4.69) is 5.10 Å². The number of nitrogens with zero attached hydrogens (tertiary/aromatic N) is 2. The molecule has 0 amide bonds. The minimum atomic E-state index is 0.274. The van der Waals surface area contributed by atoms with E-state index in [4.69, 9.17) is 0 Å². The van der Waals surface area contributed by atoms with Crippen LogP contribution in [0.2, 0.25) is 0 Å². The van der Waals surface area contributed by atoms with Crippen LogP contribution < -0.4 is 0 Å². The smallest absolute Gasteiger partial charge is 0.129 e. The van der Waals surface area contributed by atoms with Gasteiger partial charge in [-0.1, -0.05) is 0 Å². The van der Waals surface area contributed by atoms with Crippen molar-refractivity contribution in [3.63, 3.8) is 0 Å². The van der Waals surface area contributed by atoms with Gasteiger partial charge in [-0.2, -0.15) is 5.10 Å². The van der Waals surface area contributed by atoms with Gasteiger partial charge < -0.3 is 4.79 Å². The second-order valence-electron chi connectivity index (χ2n) is 2.93. The van der Waals surface area contributed by atoms with Crippen LogP contribution in [0.4, 0.5) is 0 Å². The number of carbonyl (C=O) groups excluding carboxylic acids is 1. The van der Waals surface area contributed by atoms with Crippen LogP contribution in [0.5, 0.6) is 0 Å². The van der Waals surface area contributed by atoms with Crippen LogP contribution in [0, 0.1) is 0 Å². The lowest BCUT2D eigenvalue weighted by Crippen LogP contribution is -1.99. The van der Waals surface area contributed by atoms with Gasteiger partial charge in [0.15, 0.2) is 0 Å². The largest absolute Gasteiger partial charge is 0.300 e. The third-order valence-electron chi connectivity index (χ3n) is 1.73. The minimum Gasteiger partial charge on any atom is -0.300 e. The first-order chi connectivity index (χ1) is 5.79. The molecular weight excluding hydrogens is 152 g/mol. The summed E-state index contributed by atoms with van der Waals surface area (Å²) in [6.07, 6.45) is 6.40. The third-order valence-corrected chi connectivity index (χ3v) is 1.73. The molecule has 0 N–H and O–H groups in total. The second kappa shape index (κ2) is 4.70. The Morgan fingerprint density at radius 1 is 1.50 bits per heavy atom. The first-order valence-corrected chi connectivity index (χ1v) is 4.26. The lowest BCUT2D eigenvalue weighted by molar-refractivity contribution is -0.117. The summed E-state index contributed by atoms with van der Waals surface area (Å²) >= 11 is 0. The molecule has 12 heavy (non-hydrogen) atoms. The fraction of sp³-hybridized carbons (Fsp3) is 0.556. The van der Waals surface area contributed by atoms with E-state index >= 15 is 0 Å². The predicted molar refractivity (Wildman–Crippen MR) is 46.8 cm³/mol. The molecule has 0 aliphatic carbocycles. The normalized spacial score (nSPS) is 10.1. The van der Waals surface area contributed by atoms with Crippen molar-refractivity contribution in [1.82, 2.24) is 9.78 Å². The maximum absolute atomic E-state index is 10.6. The molecule has 0 saturated carbocycles. The topological polar surface area (TPSA) is 34.9 Å². The van der Waals surface area contributed by atoms with Gasteiger partial charge >= 0.3 is 0 Å². The van der Waals surface area contributed by atoms with Gasteiger partial charge in [-0.05, 0) is 25.8 Å². The van der Waals surface area contributed by atoms with Crippen LogP contribution in [0.3, 0.4) is 0 Å². The number of rotatable bonds is 5. The molecule has 0 unspecified atom stereocenters. The number of Topliss-reactive ketones (excluding diaryl/α,β-unsaturated/α-hetero) is 1. The van der Waals surface area contributed by atoms with E-state index in [0.717, 1.165) is 19.4 Å². The highest BCUT2D eigenvalue weighted by Crippen LogP contribution is 1.98. The fourth-order valence-electron chi connectivity index (χ4n) is 1.08. The Hall–Kier alpha value is -1.12. The van der Waals surface area contributed by atoms with E-state index in [-0.39, 0.29) is 5.78 Å². The highest BCUT2D eigenvalue weighted by Gasteiger charge is 1.94. The molecule has 1 rings (SSSR count). The molecule has 3 nitrogen and oxygen atoms in total. The fourth-order valence-corrected chi connectivity index (χ4v) is 1.08. The van der Waals surface area contributed by atoms with Crippen LogP contribution in [-0.2, 0) is 11.3 Å². The first-order valence-electron chi connectivity index (χ1n) is 4.26. The van der Waals surface area contributed by atoms with Crippen molar-refractivity contribution in [2.75, 3.05) is 0 Å². The van der Waals surface area contributed by atoms with Gasteiger partial charge in [-0.3, -0.25) is 4.68 Å².